The van der Waals surface area contributed by atoms with Crippen LogP contribution in [0.3, 0.4) is 0 Å². The Balaban J connectivity index is 0.00000180. The molecule has 100 valence electrons. The van der Waals surface area contributed by atoms with Crippen LogP contribution in [-0.2, 0) is 5.88 Å². The van der Waals surface area contributed by atoms with E-state index in [9.17, 15) is 4.79 Å². The second kappa shape index (κ2) is 7.12. The lowest BCUT2D eigenvalue weighted by atomic mass is 10.1. The molecule has 0 spiro atoms. The van der Waals surface area contributed by atoms with Crippen molar-refractivity contribution in [1.82, 2.24) is 4.98 Å². The number of anilines is 1. The smallest absolute Gasteiger partial charge is 0.256 e. The van der Waals surface area contributed by atoms with Crippen molar-refractivity contribution in [2.45, 2.75) is 12.8 Å². The molecule has 0 radical (unpaired) electrons. The standard InChI is InChI=1S/C14H13ClN2O.ClH/c1-10-3-2-4-13(16-10)17-14(18)12-7-5-11(9-15)6-8-12;/h2-8H,9H2,1H3,(H,16,17,18);1H. The number of nitrogens with one attached hydrogen (secondary N) is 1. The average Bonchev–Trinajstić information content (AvgIpc) is 2.39. The van der Waals surface area contributed by atoms with Crippen molar-refractivity contribution < 1.29 is 4.79 Å². The summed E-state index contributed by atoms with van der Waals surface area (Å²) in [5, 5.41) is 2.75. The van der Waals surface area contributed by atoms with Crippen molar-refractivity contribution in [2.24, 2.45) is 0 Å². The Kier molecular flexibility index (Phi) is 5.80. The molecule has 1 amide bonds. The second-order valence-corrected chi connectivity index (χ2v) is 4.22. The number of halogens is 2. The Morgan fingerprint density at radius 1 is 1.21 bits per heavy atom. The first kappa shape index (κ1) is 15.5. The number of hydrogen-bond donors (Lipinski definition) is 1. The molecule has 1 N–H and O–H groups in total. The Hall–Kier alpha value is -1.58. The van der Waals surface area contributed by atoms with E-state index in [0.717, 1.165) is 11.3 Å². The quantitative estimate of drug-likeness (QED) is 0.875. The molecule has 1 aromatic heterocycles. The first-order chi connectivity index (χ1) is 8.69. The van der Waals surface area contributed by atoms with Crippen LogP contribution in [0, 0.1) is 6.92 Å². The number of aryl methyl sites for hydroxylation is 1. The van der Waals surface area contributed by atoms with Gasteiger partial charge in [-0.05, 0) is 36.8 Å². The van der Waals surface area contributed by atoms with Crippen LogP contribution < -0.4 is 5.32 Å². The number of carbonyl (C=O) groups excluding carboxylic acids is 1. The number of carbonyl (C=O) groups is 1. The van der Waals surface area contributed by atoms with Crippen LogP contribution in [0.2, 0.25) is 0 Å². The van der Waals surface area contributed by atoms with Crippen LogP contribution in [0.4, 0.5) is 5.82 Å². The SMILES string of the molecule is Cc1cccc(NC(=O)c2ccc(CCl)cc2)n1.Cl. The van der Waals surface area contributed by atoms with Crippen molar-refractivity contribution in [3.05, 3.63) is 59.3 Å². The summed E-state index contributed by atoms with van der Waals surface area (Å²) in [4.78, 5) is 16.2. The molecular formula is C14H14Cl2N2O. The van der Waals surface area contributed by atoms with Gasteiger partial charge in [0, 0.05) is 17.1 Å². The van der Waals surface area contributed by atoms with Crippen molar-refractivity contribution in [2.75, 3.05) is 5.32 Å². The molecule has 0 unspecified atom stereocenters. The maximum absolute atomic E-state index is 11.9. The van der Waals surface area contributed by atoms with E-state index in [1.54, 1.807) is 18.2 Å². The van der Waals surface area contributed by atoms with Gasteiger partial charge < -0.3 is 5.32 Å². The molecule has 2 rings (SSSR count). The summed E-state index contributed by atoms with van der Waals surface area (Å²) in [7, 11) is 0. The molecular weight excluding hydrogens is 283 g/mol. The van der Waals surface area contributed by atoms with Gasteiger partial charge >= 0.3 is 0 Å². The van der Waals surface area contributed by atoms with Crippen molar-refractivity contribution >= 4 is 35.7 Å². The monoisotopic (exact) mass is 296 g/mol. The molecule has 0 bridgehead atoms. The number of alkyl halides is 1. The van der Waals surface area contributed by atoms with Crippen LogP contribution in [0.5, 0.6) is 0 Å². The van der Waals surface area contributed by atoms with Gasteiger partial charge in [0.05, 0.1) is 0 Å². The normalized spacial score (nSPS) is 9.58. The third-order valence-electron chi connectivity index (χ3n) is 2.50. The van der Waals surface area contributed by atoms with Gasteiger partial charge in [-0.25, -0.2) is 4.98 Å². The topological polar surface area (TPSA) is 42.0 Å². The van der Waals surface area contributed by atoms with Crippen LogP contribution in [0.1, 0.15) is 21.6 Å². The highest BCUT2D eigenvalue weighted by Gasteiger charge is 2.06. The van der Waals surface area contributed by atoms with Gasteiger partial charge in [-0.2, -0.15) is 0 Å². The lowest BCUT2D eigenvalue weighted by molar-refractivity contribution is 0.102. The number of aromatic nitrogens is 1. The molecule has 0 saturated carbocycles. The minimum absolute atomic E-state index is 0. The molecule has 0 aliphatic rings. The fourth-order valence-electron chi connectivity index (χ4n) is 1.55. The molecule has 3 nitrogen and oxygen atoms in total. The lowest BCUT2D eigenvalue weighted by Gasteiger charge is -2.05. The largest absolute Gasteiger partial charge is 0.307 e. The molecule has 5 heteroatoms. The van der Waals surface area contributed by atoms with E-state index in [4.69, 9.17) is 11.6 Å². The van der Waals surface area contributed by atoms with Gasteiger partial charge in [-0.3, -0.25) is 4.79 Å². The minimum Gasteiger partial charge on any atom is -0.307 e. The van der Waals surface area contributed by atoms with Gasteiger partial charge in [0.15, 0.2) is 0 Å². The highest BCUT2D eigenvalue weighted by Crippen LogP contribution is 2.10. The number of benzene rings is 1. The number of pyridine rings is 1. The molecule has 0 fully saturated rings. The number of rotatable bonds is 3. The molecule has 0 atom stereocenters. The fraction of sp³-hybridized carbons (Fsp3) is 0.143. The maximum Gasteiger partial charge on any atom is 0.256 e. The molecule has 0 saturated heterocycles. The summed E-state index contributed by atoms with van der Waals surface area (Å²) >= 11 is 5.70. The highest BCUT2D eigenvalue weighted by atomic mass is 35.5. The van der Waals surface area contributed by atoms with Gasteiger partial charge in [0.1, 0.15) is 5.82 Å². The van der Waals surface area contributed by atoms with Crippen LogP contribution in [0.15, 0.2) is 42.5 Å². The zero-order chi connectivity index (χ0) is 13.0. The van der Waals surface area contributed by atoms with E-state index in [-0.39, 0.29) is 18.3 Å². The van der Waals surface area contributed by atoms with E-state index >= 15 is 0 Å². The Bertz CT molecular complexity index is 556. The van der Waals surface area contributed by atoms with Crippen molar-refractivity contribution in [1.29, 1.82) is 0 Å². The summed E-state index contributed by atoms with van der Waals surface area (Å²) in [5.74, 6) is 0.831. The number of nitrogens with zero attached hydrogens (tertiary/aromatic N) is 1. The zero-order valence-corrected chi connectivity index (χ0v) is 12.0. The predicted octanol–water partition coefficient (Wildman–Crippen LogP) is 3.80. The number of amides is 1. The molecule has 1 heterocycles. The first-order valence-electron chi connectivity index (χ1n) is 5.59. The van der Waals surface area contributed by atoms with E-state index in [0.29, 0.717) is 17.3 Å². The van der Waals surface area contributed by atoms with Crippen molar-refractivity contribution in [3.63, 3.8) is 0 Å². The van der Waals surface area contributed by atoms with E-state index in [1.165, 1.54) is 0 Å². The molecule has 2 aromatic rings. The first-order valence-corrected chi connectivity index (χ1v) is 6.12. The summed E-state index contributed by atoms with van der Waals surface area (Å²) in [6.45, 7) is 1.88. The number of hydrogen-bond acceptors (Lipinski definition) is 2. The molecule has 1 aromatic carbocycles. The van der Waals surface area contributed by atoms with E-state index in [1.807, 2.05) is 31.2 Å². The molecule has 19 heavy (non-hydrogen) atoms. The average molecular weight is 297 g/mol. The van der Waals surface area contributed by atoms with Gasteiger partial charge in [-0.15, -0.1) is 24.0 Å². The van der Waals surface area contributed by atoms with E-state index < -0.39 is 0 Å². The third kappa shape index (κ3) is 4.23. The molecule has 0 aliphatic carbocycles. The highest BCUT2D eigenvalue weighted by molar-refractivity contribution is 6.17. The molecule has 0 aliphatic heterocycles. The van der Waals surface area contributed by atoms with Crippen molar-refractivity contribution in [3.8, 4) is 0 Å². The Labute approximate surface area is 123 Å². The van der Waals surface area contributed by atoms with Gasteiger partial charge in [-0.1, -0.05) is 18.2 Å². The van der Waals surface area contributed by atoms with Crippen LogP contribution in [0.25, 0.3) is 0 Å². The van der Waals surface area contributed by atoms with Gasteiger partial charge in [0.2, 0.25) is 0 Å². The minimum atomic E-state index is -0.172. The summed E-state index contributed by atoms with van der Waals surface area (Å²) in [6, 6.07) is 12.7. The summed E-state index contributed by atoms with van der Waals surface area (Å²) in [5.41, 5.74) is 2.44. The third-order valence-corrected chi connectivity index (χ3v) is 2.81. The van der Waals surface area contributed by atoms with E-state index in [2.05, 4.69) is 10.3 Å². The maximum atomic E-state index is 11.9. The Morgan fingerprint density at radius 3 is 2.47 bits per heavy atom. The van der Waals surface area contributed by atoms with Gasteiger partial charge in [0.25, 0.3) is 5.91 Å². The predicted molar refractivity (Wildman–Crippen MR) is 80.2 cm³/mol. The van der Waals surface area contributed by atoms with Crippen LogP contribution in [-0.4, -0.2) is 10.9 Å². The summed E-state index contributed by atoms with van der Waals surface area (Å²) in [6.07, 6.45) is 0. The fourth-order valence-corrected chi connectivity index (χ4v) is 1.72. The summed E-state index contributed by atoms with van der Waals surface area (Å²) < 4.78 is 0. The second-order valence-electron chi connectivity index (χ2n) is 3.95. The Morgan fingerprint density at radius 2 is 1.89 bits per heavy atom. The zero-order valence-electron chi connectivity index (χ0n) is 10.4. The lowest BCUT2D eigenvalue weighted by Crippen LogP contribution is -2.13. The van der Waals surface area contributed by atoms with Crippen LogP contribution >= 0.6 is 24.0 Å².